The minimum absolute atomic E-state index is 0.152. The lowest BCUT2D eigenvalue weighted by Gasteiger charge is -2.44. The summed E-state index contributed by atoms with van der Waals surface area (Å²) in [7, 11) is 0. The molecular formula is C30H36O. The van der Waals surface area contributed by atoms with E-state index in [0.29, 0.717) is 0 Å². The van der Waals surface area contributed by atoms with Gasteiger partial charge in [-0.3, -0.25) is 4.79 Å². The molecule has 1 atom stereocenters. The van der Waals surface area contributed by atoms with Crippen molar-refractivity contribution in [2.24, 2.45) is 0 Å². The first-order chi connectivity index (χ1) is 15.2. The first-order valence-corrected chi connectivity index (χ1v) is 11.6. The Hall–Kier alpha value is -2.93. The van der Waals surface area contributed by atoms with Gasteiger partial charge in [0.2, 0.25) is 0 Å². The van der Waals surface area contributed by atoms with Gasteiger partial charge in [-0.1, -0.05) is 113 Å². The molecule has 4 rings (SSSR count). The van der Waals surface area contributed by atoms with Gasteiger partial charge in [-0.15, -0.1) is 0 Å². The molecule has 1 nitrogen and oxygen atoms in total. The van der Waals surface area contributed by atoms with E-state index >= 15 is 0 Å². The molecule has 0 aliphatic heterocycles. The van der Waals surface area contributed by atoms with Gasteiger partial charge in [0.1, 0.15) is 0 Å². The monoisotopic (exact) mass is 412 g/mol. The minimum Gasteiger partial charge on any atom is -0.289 e. The number of fused-ring (bicyclic) bond motifs is 1. The molecule has 1 heteroatoms. The fourth-order valence-electron chi connectivity index (χ4n) is 4.71. The van der Waals surface area contributed by atoms with Crippen LogP contribution in [0.15, 0.2) is 102 Å². The average Bonchev–Trinajstić information content (AvgIpc) is 2.87. The van der Waals surface area contributed by atoms with Gasteiger partial charge in [-0.2, -0.15) is 0 Å². The van der Waals surface area contributed by atoms with Gasteiger partial charge < -0.3 is 0 Å². The first-order valence-electron chi connectivity index (χ1n) is 11.6. The van der Waals surface area contributed by atoms with Gasteiger partial charge >= 0.3 is 0 Å². The predicted octanol–water partition coefficient (Wildman–Crippen LogP) is 8.39. The summed E-state index contributed by atoms with van der Waals surface area (Å²) in [6.07, 6.45) is 12.5. The summed E-state index contributed by atoms with van der Waals surface area (Å²) in [4.78, 5) is 13.3. The van der Waals surface area contributed by atoms with Gasteiger partial charge in [0.05, 0.1) is 5.41 Å². The molecule has 2 aliphatic carbocycles. The second kappa shape index (κ2) is 11.5. The third-order valence-electron chi connectivity index (χ3n) is 5.74. The fraction of sp³-hybridized carbons (Fsp3) is 0.300. The standard InChI is InChI=1S/C26H24O.2C2H6/c1-3-12-19(4-2)26(20-13-6-5-7-14-20)23-17-10-8-15-21(23)25(27)22-16-9-11-18-24(22)26;2*1-2/h3-10,12-17H,11,18H2,1-2H3;2*1-2H3/b12-3-,19-4+;;. The normalized spacial score (nSPS) is 19.7. The van der Waals surface area contributed by atoms with Crippen molar-refractivity contribution >= 4 is 5.78 Å². The summed E-state index contributed by atoms with van der Waals surface area (Å²) in [5, 5.41) is 0. The Bertz CT molecular complexity index is 1000. The summed E-state index contributed by atoms with van der Waals surface area (Å²) in [5.41, 5.74) is 6.03. The molecule has 0 amide bonds. The van der Waals surface area contributed by atoms with Crippen molar-refractivity contribution < 1.29 is 4.79 Å². The maximum atomic E-state index is 13.3. The Kier molecular flexibility index (Phi) is 9.00. The van der Waals surface area contributed by atoms with Gasteiger partial charge in [-0.25, -0.2) is 0 Å². The summed E-state index contributed by atoms with van der Waals surface area (Å²) >= 11 is 0. The maximum Gasteiger partial charge on any atom is 0.193 e. The molecular weight excluding hydrogens is 376 g/mol. The topological polar surface area (TPSA) is 17.1 Å². The van der Waals surface area contributed by atoms with Crippen LogP contribution in [0.1, 0.15) is 75.9 Å². The number of Topliss-reactive ketones (excluding diaryl/α,β-unsaturated/α-hetero) is 1. The van der Waals surface area contributed by atoms with Crippen LogP contribution in [0.25, 0.3) is 0 Å². The Balaban J connectivity index is 0.000000807. The molecule has 0 saturated carbocycles. The van der Waals surface area contributed by atoms with Crippen LogP contribution < -0.4 is 0 Å². The summed E-state index contributed by atoms with van der Waals surface area (Å²) in [5.74, 6) is 0.152. The number of allylic oxidation sites excluding steroid dienone is 8. The largest absolute Gasteiger partial charge is 0.289 e. The quantitative estimate of drug-likeness (QED) is 0.463. The smallest absolute Gasteiger partial charge is 0.193 e. The summed E-state index contributed by atoms with van der Waals surface area (Å²) < 4.78 is 0. The van der Waals surface area contributed by atoms with E-state index in [1.54, 1.807) is 0 Å². The summed E-state index contributed by atoms with van der Waals surface area (Å²) in [6, 6.07) is 18.8. The second-order valence-electron chi connectivity index (χ2n) is 7.07. The van der Waals surface area contributed by atoms with E-state index in [2.05, 4.69) is 80.6 Å². The molecule has 0 bridgehead atoms. The van der Waals surface area contributed by atoms with E-state index in [-0.39, 0.29) is 5.78 Å². The molecule has 0 aromatic heterocycles. The van der Waals surface area contributed by atoms with Crippen molar-refractivity contribution in [2.75, 3.05) is 0 Å². The van der Waals surface area contributed by atoms with Gasteiger partial charge in [0.15, 0.2) is 5.78 Å². The molecule has 31 heavy (non-hydrogen) atoms. The third-order valence-corrected chi connectivity index (χ3v) is 5.74. The molecule has 2 aromatic carbocycles. The number of ketones is 1. The van der Waals surface area contributed by atoms with Crippen LogP contribution in [0.3, 0.4) is 0 Å². The van der Waals surface area contributed by atoms with Crippen LogP contribution in [-0.2, 0) is 5.41 Å². The van der Waals surface area contributed by atoms with Gasteiger partial charge in [0, 0.05) is 11.1 Å². The van der Waals surface area contributed by atoms with Crippen molar-refractivity contribution in [3.63, 3.8) is 0 Å². The Labute approximate surface area is 188 Å². The van der Waals surface area contributed by atoms with Crippen molar-refractivity contribution in [3.05, 3.63) is 118 Å². The zero-order valence-electron chi connectivity index (χ0n) is 19.9. The highest BCUT2D eigenvalue weighted by molar-refractivity contribution is 6.14. The fourth-order valence-corrected chi connectivity index (χ4v) is 4.71. The highest BCUT2D eigenvalue weighted by Gasteiger charge is 2.47. The molecule has 0 saturated heterocycles. The highest BCUT2D eigenvalue weighted by atomic mass is 16.1. The molecule has 0 radical (unpaired) electrons. The number of rotatable bonds is 3. The van der Waals surface area contributed by atoms with E-state index in [1.807, 2.05) is 45.9 Å². The molecule has 0 heterocycles. The molecule has 2 aromatic rings. The van der Waals surface area contributed by atoms with Crippen LogP contribution in [-0.4, -0.2) is 5.78 Å². The zero-order valence-corrected chi connectivity index (χ0v) is 19.9. The Morgan fingerprint density at radius 2 is 1.55 bits per heavy atom. The van der Waals surface area contributed by atoms with Crippen molar-refractivity contribution in [1.29, 1.82) is 0 Å². The number of hydrogen-bond donors (Lipinski definition) is 0. The molecule has 0 fully saturated rings. The molecule has 162 valence electrons. The number of hydrogen-bond acceptors (Lipinski definition) is 1. The predicted molar refractivity (Wildman–Crippen MR) is 135 cm³/mol. The second-order valence-corrected chi connectivity index (χ2v) is 7.07. The van der Waals surface area contributed by atoms with Crippen LogP contribution in [0.5, 0.6) is 0 Å². The molecule has 0 spiro atoms. The van der Waals surface area contributed by atoms with E-state index in [9.17, 15) is 4.79 Å². The van der Waals surface area contributed by atoms with Crippen molar-refractivity contribution in [1.82, 2.24) is 0 Å². The van der Waals surface area contributed by atoms with Crippen molar-refractivity contribution in [2.45, 2.75) is 59.8 Å². The van der Waals surface area contributed by atoms with Crippen LogP contribution >= 0.6 is 0 Å². The number of carbonyl (C=O) groups excluding carboxylic acids is 1. The lowest BCUT2D eigenvalue weighted by atomic mass is 9.57. The maximum absolute atomic E-state index is 13.3. The van der Waals surface area contributed by atoms with E-state index in [1.165, 1.54) is 16.7 Å². The van der Waals surface area contributed by atoms with Crippen LogP contribution in [0, 0.1) is 0 Å². The third kappa shape index (κ3) is 4.14. The zero-order chi connectivity index (χ0) is 22.9. The molecule has 1 unspecified atom stereocenters. The van der Waals surface area contributed by atoms with Crippen LogP contribution in [0.4, 0.5) is 0 Å². The van der Waals surface area contributed by atoms with E-state index < -0.39 is 5.41 Å². The Morgan fingerprint density at radius 3 is 2.19 bits per heavy atom. The van der Waals surface area contributed by atoms with Crippen LogP contribution in [0.2, 0.25) is 0 Å². The van der Waals surface area contributed by atoms with Gasteiger partial charge in [-0.05, 0) is 49.0 Å². The lowest BCUT2D eigenvalue weighted by Crippen LogP contribution is -2.39. The number of benzene rings is 2. The first kappa shape index (κ1) is 24.3. The van der Waals surface area contributed by atoms with E-state index in [4.69, 9.17) is 0 Å². The Morgan fingerprint density at radius 1 is 0.903 bits per heavy atom. The minimum atomic E-state index is -0.423. The lowest BCUT2D eigenvalue weighted by molar-refractivity contribution is 0.103. The molecule has 0 N–H and O–H groups in total. The van der Waals surface area contributed by atoms with E-state index in [0.717, 1.165) is 29.5 Å². The average molecular weight is 413 g/mol. The van der Waals surface area contributed by atoms with Gasteiger partial charge in [0.25, 0.3) is 0 Å². The highest BCUT2D eigenvalue weighted by Crippen LogP contribution is 2.53. The SMILES string of the molecule is C/C=C\C(=C/C)C1(c2ccccc2)C2=C(C=CCC2)C(=O)c2ccccc21.CC.CC. The number of carbonyl (C=O) groups is 1. The molecule has 2 aliphatic rings. The summed E-state index contributed by atoms with van der Waals surface area (Å²) in [6.45, 7) is 12.1. The van der Waals surface area contributed by atoms with Crippen molar-refractivity contribution in [3.8, 4) is 0 Å².